The molecule has 6 nitrogen and oxygen atoms in total. The van der Waals surface area contributed by atoms with Crippen LogP contribution < -0.4 is 16.0 Å². The van der Waals surface area contributed by atoms with Crippen molar-refractivity contribution >= 4 is 17.6 Å². The highest BCUT2D eigenvalue weighted by Crippen LogP contribution is 2.26. The molecule has 1 aromatic carbocycles. The minimum Gasteiger partial charge on any atom is -0.352 e. The van der Waals surface area contributed by atoms with Crippen LogP contribution in [0, 0.1) is 5.92 Å². The first kappa shape index (κ1) is 17.0. The van der Waals surface area contributed by atoms with Gasteiger partial charge in [0.2, 0.25) is 5.91 Å². The molecule has 2 aromatic rings. The Labute approximate surface area is 147 Å². The first-order valence-electron chi connectivity index (χ1n) is 8.51. The molecule has 0 aliphatic heterocycles. The number of hydrogen-bond acceptors (Lipinski definition) is 3. The van der Waals surface area contributed by atoms with Crippen molar-refractivity contribution in [2.45, 2.75) is 32.4 Å². The number of nitrogens with zero attached hydrogens (tertiary/aromatic N) is 1. The summed E-state index contributed by atoms with van der Waals surface area (Å²) in [5.41, 5.74) is 2.64. The molecule has 0 bridgehead atoms. The molecule has 0 saturated heterocycles. The quantitative estimate of drug-likeness (QED) is 0.757. The largest absolute Gasteiger partial charge is 0.352 e. The van der Waals surface area contributed by atoms with E-state index >= 15 is 0 Å². The van der Waals surface area contributed by atoms with E-state index in [1.54, 1.807) is 12.4 Å². The van der Waals surface area contributed by atoms with Crippen molar-refractivity contribution in [3.8, 4) is 0 Å². The molecule has 1 saturated carbocycles. The van der Waals surface area contributed by atoms with Crippen molar-refractivity contribution in [1.29, 1.82) is 0 Å². The van der Waals surface area contributed by atoms with Crippen LogP contribution in [0.4, 0.5) is 10.5 Å². The monoisotopic (exact) mass is 338 g/mol. The lowest BCUT2D eigenvalue weighted by Gasteiger charge is -2.24. The van der Waals surface area contributed by atoms with Crippen LogP contribution in [0.25, 0.3) is 0 Å². The van der Waals surface area contributed by atoms with Gasteiger partial charge in [0.1, 0.15) is 0 Å². The Kier molecular flexibility index (Phi) is 5.61. The molecule has 0 spiro atoms. The molecular formula is C19H22N4O2. The Morgan fingerprint density at radius 1 is 1.00 bits per heavy atom. The SMILES string of the molecule is O=C(NCc1ccncc1)Nc1cccc(CNC(=O)C2CCC2)c1. The number of anilines is 1. The zero-order valence-electron chi connectivity index (χ0n) is 14.0. The fraction of sp³-hybridized carbons (Fsp3) is 0.316. The van der Waals surface area contributed by atoms with Crippen LogP contribution in [0.3, 0.4) is 0 Å². The van der Waals surface area contributed by atoms with Crippen LogP contribution in [0.2, 0.25) is 0 Å². The van der Waals surface area contributed by atoms with Crippen molar-refractivity contribution in [2.24, 2.45) is 5.92 Å². The maximum Gasteiger partial charge on any atom is 0.319 e. The average Bonchev–Trinajstić information content (AvgIpc) is 2.58. The summed E-state index contributed by atoms with van der Waals surface area (Å²) in [7, 11) is 0. The van der Waals surface area contributed by atoms with Gasteiger partial charge in [-0.1, -0.05) is 18.6 Å². The van der Waals surface area contributed by atoms with Gasteiger partial charge in [-0.05, 0) is 48.2 Å². The molecule has 1 aliphatic rings. The summed E-state index contributed by atoms with van der Waals surface area (Å²) in [4.78, 5) is 27.8. The van der Waals surface area contributed by atoms with E-state index in [9.17, 15) is 9.59 Å². The number of urea groups is 1. The molecule has 6 heteroatoms. The fourth-order valence-corrected chi connectivity index (χ4v) is 2.62. The molecule has 1 aromatic heterocycles. The van der Waals surface area contributed by atoms with Crippen LogP contribution in [0.15, 0.2) is 48.8 Å². The number of nitrogens with one attached hydrogen (secondary N) is 3. The summed E-state index contributed by atoms with van der Waals surface area (Å²) in [6, 6.07) is 10.9. The highest BCUT2D eigenvalue weighted by Gasteiger charge is 2.24. The number of carbonyl (C=O) groups excluding carboxylic acids is 2. The summed E-state index contributed by atoms with van der Waals surface area (Å²) in [5, 5.41) is 8.56. The molecule has 3 amide bonds. The summed E-state index contributed by atoms with van der Waals surface area (Å²) in [6.45, 7) is 0.912. The molecule has 130 valence electrons. The maximum atomic E-state index is 12.0. The Morgan fingerprint density at radius 2 is 1.76 bits per heavy atom. The minimum absolute atomic E-state index is 0.125. The number of hydrogen-bond donors (Lipinski definition) is 3. The van der Waals surface area contributed by atoms with Crippen molar-refractivity contribution < 1.29 is 9.59 Å². The van der Waals surface area contributed by atoms with E-state index in [0.717, 1.165) is 30.4 Å². The summed E-state index contributed by atoms with van der Waals surface area (Å²) in [5.74, 6) is 0.306. The highest BCUT2D eigenvalue weighted by atomic mass is 16.2. The van der Waals surface area contributed by atoms with E-state index in [4.69, 9.17) is 0 Å². The van der Waals surface area contributed by atoms with Gasteiger partial charge in [0.05, 0.1) is 0 Å². The zero-order valence-corrected chi connectivity index (χ0v) is 14.0. The standard InChI is InChI=1S/C19H22N4O2/c24-18(16-4-2-5-16)21-13-15-3-1-6-17(11-15)23-19(25)22-12-14-7-9-20-10-8-14/h1,3,6-11,16H,2,4-5,12-13H2,(H,21,24)(H2,22,23,25). The molecule has 0 radical (unpaired) electrons. The van der Waals surface area contributed by atoms with E-state index in [1.807, 2.05) is 36.4 Å². The van der Waals surface area contributed by atoms with Gasteiger partial charge in [-0.25, -0.2) is 4.79 Å². The van der Waals surface area contributed by atoms with Crippen LogP contribution >= 0.6 is 0 Å². The molecule has 1 fully saturated rings. The van der Waals surface area contributed by atoms with Gasteiger partial charge >= 0.3 is 6.03 Å². The van der Waals surface area contributed by atoms with Gasteiger partial charge in [-0.3, -0.25) is 9.78 Å². The van der Waals surface area contributed by atoms with Gasteiger partial charge in [-0.2, -0.15) is 0 Å². The van der Waals surface area contributed by atoms with Crippen molar-refractivity contribution in [2.75, 3.05) is 5.32 Å². The summed E-state index contributed by atoms with van der Waals surface area (Å²) in [6.07, 6.45) is 6.51. The number of carbonyl (C=O) groups is 2. The highest BCUT2D eigenvalue weighted by molar-refractivity contribution is 5.89. The van der Waals surface area contributed by atoms with Gasteiger partial charge in [0.15, 0.2) is 0 Å². The first-order valence-corrected chi connectivity index (χ1v) is 8.51. The number of aromatic nitrogens is 1. The summed E-state index contributed by atoms with van der Waals surface area (Å²) < 4.78 is 0. The van der Waals surface area contributed by atoms with Crippen LogP contribution in [-0.4, -0.2) is 16.9 Å². The Balaban J connectivity index is 1.47. The van der Waals surface area contributed by atoms with E-state index in [1.165, 1.54) is 0 Å². The van der Waals surface area contributed by atoms with Crippen molar-refractivity contribution in [3.05, 3.63) is 59.9 Å². The second-order valence-corrected chi connectivity index (χ2v) is 6.21. The maximum absolute atomic E-state index is 12.0. The molecule has 3 rings (SSSR count). The van der Waals surface area contributed by atoms with Gasteiger partial charge < -0.3 is 16.0 Å². The normalized spacial score (nSPS) is 13.6. The van der Waals surface area contributed by atoms with Crippen LogP contribution in [-0.2, 0) is 17.9 Å². The predicted octanol–water partition coefficient (Wildman–Crippen LogP) is 2.82. The molecule has 1 heterocycles. The summed E-state index contributed by atoms with van der Waals surface area (Å²) >= 11 is 0. The number of pyridine rings is 1. The number of benzene rings is 1. The second-order valence-electron chi connectivity index (χ2n) is 6.21. The lowest BCUT2D eigenvalue weighted by Crippen LogP contribution is -2.34. The molecular weight excluding hydrogens is 316 g/mol. The number of amides is 3. The zero-order chi connectivity index (χ0) is 17.5. The average molecular weight is 338 g/mol. The van der Waals surface area contributed by atoms with Gasteiger partial charge in [0.25, 0.3) is 0 Å². The van der Waals surface area contributed by atoms with E-state index in [2.05, 4.69) is 20.9 Å². The van der Waals surface area contributed by atoms with Gasteiger partial charge in [0, 0.05) is 37.1 Å². The lowest BCUT2D eigenvalue weighted by molar-refractivity contribution is -0.127. The third-order valence-corrected chi connectivity index (χ3v) is 4.33. The fourth-order valence-electron chi connectivity index (χ4n) is 2.62. The van der Waals surface area contributed by atoms with Gasteiger partial charge in [-0.15, -0.1) is 0 Å². The van der Waals surface area contributed by atoms with E-state index in [-0.39, 0.29) is 17.9 Å². The third-order valence-electron chi connectivity index (χ3n) is 4.33. The Morgan fingerprint density at radius 3 is 2.48 bits per heavy atom. The Hall–Kier alpha value is -2.89. The molecule has 1 aliphatic carbocycles. The molecule has 3 N–H and O–H groups in total. The van der Waals surface area contributed by atoms with E-state index < -0.39 is 0 Å². The third kappa shape index (κ3) is 5.04. The first-order chi connectivity index (χ1) is 12.2. The Bertz CT molecular complexity index is 729. The lowest BCUT2D eigenvalue weighted by atomic mass is 9.85. The minimum atomic E-state index is -0.271. The predicted molar refractivity (Wildman–Crippen MR) is 95.7 cm³/mol. The molecule has 0 atom stereocenters. The topological polar surface area (TPSA) is 83.1 Å². The molecule has 0 unspecified atom stereocenters. The van der Waals surface area contributed by atoms with Crippen molar-refractivity contribution in [1.82, 2.24) is 15.6 Å². The van der Waals surface area contributed by atoms with E-state index in [0.29, 0.717) is 18.8 Å². The molecule has 25 heavy (non-hydrogen) atoms. The second kappa shape index (κ2) is 8.28. The van der Waals surface area contributed by atoms with Crippen molar-refractivity contribution in [3.63, 3.8) is 0 Å². The smallest absolute Gasteiger partial charge is 0.319 e. The van der Waals surface area contributed by atoms with Crippen LogP contribution in [0.5, 0.6) is 0 Å². The number of rotatable bonds is 6. The van der Waals surface area contributed by atoms with Crippen LogP contribution in [0.1, 0.15) is 30.4 Å².